The number of hydrogen-bond donors (Lipinski definition) is 1. The van der Waals surface area contributed by atoms with Crippen LogP contribution in [0.25, 0.3) is 0 Å². The van der Waals surface area contributed by atoms with Gasteiger partial charge in [0.25, 0.3) is 0 Å². The molecule has 2 aromatic carbocycles. The molecule has 2 aromatic rings. The molecule has 0 bridgehead atoms. The molecule has 0 heterocycles. The molecule has 9 nitrogen and oxygen atoms in total. The Bertz CT molecular complexity index is 1160. The van der Waals surface area contributed by atoms with E-state index in [-0.39, 0.29) is 49.8 Å². The van der Waals surface area contributed by atoms with Gasteiger partial charge < -0.3 is 29.1 Å². The summed E-state index contributed by atoms with van der Waals surface area (Å²) in [4.78, 5) is 40.9. The second-order valence-electron chi connectivity index (χ2n) is 10.3. The predicted molar refractivity (Wildman–Crippen MR) is 150 cm³/mol. The number of ether oxygens (including phenoxy) is 3. The summed E-state index contributed by atoms with van der Waals surface area (Å²) in [5, 5.41) is 11.9. The Balaban J connectivity index is 2.50. The molecule has 2 amide bonds. The lowest BCUT2D eigenvalue weighted by atomic mass is 9.93. The number of aliphatic hydroxyl groups is 1. The van der Waals surface area contributed by atoms with Crippen molar-refractivity contribution in [2.45, 2.75) is 46.6 Å². The summed E-state index contributed by atoms with van der Waals surface area (Å²) in [6.45, 7) is 7.90. The number of benzene rings is 2. The largest absolute Gasteiger partial charge is 0.496 e. The second kappa shape index (κ2) is 14.2. The first-order valence-electron chi connectivity index (χ1n) is 12.7. The molecule has 0 radical (unpaired) electrons. The third-order valence-corrected chi connectivity index (χ3v) is 6.09. The van der Waals surface area contributed by atoms with Gasteiger partial charge in [0.15, 0.2) is 0 Å². The molecule has 0 aromatic heterocycles. The maximum Gasteiger partial charge on any atom is 0.325 e. The molecule has 0 saturated carbocycles. The molecule has 39 heavy (non-hydrogen) atoms. The fourth-order valence-electron chi connectivity index (χ4n) is 4.10. The Kier molecular flexibility index (Phi) is 11.6. The molecule has 0 aliphatic heterocycles. The van der Waals surface area contributed by atoms with E-state index < -0.39 is 12.1 Å². The number of hydrogen-bond acceptors (Lipinski definition) is 7. The van der Waals surface area contributed by atoms with Gasteiger partial charge in [0.2, 0.25) is 11.8 Å². The Labute approximate surface area is 235 Å². The number of amides is 2. The predicted octanol–water partition coefficient (Wildman–Crippen LogP) is 4.62. The van der Waals surface area contributed by atoms with Gasteiger partial charge in [-0.05, 0) is 24.5 Å². The van der Waals surface area contributed by atoms with E-state index in [1.165, 1.54) is 31.1 Å². The van der Waals surface area contributed by atoms with Gasteiger partial charge in [-0.25, -0.2) is 0 Å². The highest BCUT2D eigenvalue weighted by Gasteiger charge is 2.31. The number of nitrogens with zero attached hydrogens (tertiary/aromatic N) is 2. The highest BCUT2D eigenvalue weighted by atomic mass is 35.5. The zero-order chi connectivity index (χ0) is 29.3. The third kappa shape index (κ3) is 8.86. The van der Waals surface area contributed by atoms with E-state index in [1.807, 2.05) is 20.8 Å². The number of methoxy groups -OCH3 is 2. The van der Waals surface area contributed by atoms with Crippen molar-refractivity contribution in [1.29, 1.82) is 0 Å². The Hall–Kier alpha value is -3.30. The quantitative estimate of drug-likeness (QED) is 0.376. The topological polar surface area (TPSA) is 106 Å². The van der Waals surface area contributed by atoms with E-state index in [1.54, 1.807) is 43.3 Å². The van der Waals surface area contributed by atoms with E-state index in [0.29, 0.717) is 33.3 Å². The van der Waals surface area contributed by atoms with Crippen LogP contribution in [0, 0.1) is 5.41 Å². The summed E-state index contributed by atoms with van der Waals surface area (Å²) in [5.74, 6) is -0.468. The average Bonchev–Trinajstić information content (AvgIpc) is 2.88. The minimum Gasteiger partial charge on any atom is -0.496 e. The van der Waals surface area contributed by atoms with E-state index in [9.17, 15) is 19.5 Å². The van der Waals surface area contributed by atoms with Crippen LogP contribution in [0.3, 0.4) is 0 Å². The molecular formula is C29H39ClN2O7. The summed E-state index contributed by atoms with van der Waals surface area (Å²) in [6.07, 6.45) is -1.44. The van der Waals surface area contributed by atoms with Crippen LogP contribution in [0.2, 0.25) is 5.02 Å². The van der Waals surface area contributed by atoms with Crippen molar-refractivity contribution in [2.75, 3.05) is 45.9 Å². The first kappa shape index (κ1) is 31.9. The number of halogens is 1. The van der Waals surface area contributed by atoms with Gasteiger partial charge in [-0.15, -0.1) is 0 Å². The van der Waals surface area contributed by atoms with Crippen LogP contribution < -0.4 is 14.4 Å². The first-order valence-corrected chi connectivity index (χ1v) is 13.1. The van der Waals surface area contributed by atoms with Crippen molar-refractivity contribution in [1.82, 2.24) is 4.90 Å². The monoisotopic (exact) mass is 562 g/mol. The van der Waals surface area contributed by atoms with E-state index in [2.05, 4.69) is 0 Å². The Morgan fingerprint density at radius 3 is 2.18 bits per heavy atom. The number of likely N-dealkylation sites (N-methyl/N-ethyl adjacent to an activating group) is 1. The zero-order valence-corrected chi connectivity index (χ0v) is 24.5. The summed E-state index contributed by atoms with van der Waals surface area (Å²) < 4.78 is 16.0. The molecule has 0 fully saturated rings. The molecule has 0 aliphatic rings. The van der Waals surface area contributed by atoms with Gasteiger partial charge in [-0.1, -0.05) is 50.6 Å². The third-order valence-electron chi connectivity index (χ3n) is 5.87. The van der Waals surface area contributed by atoms with E-state index in [4.69, 9.17) is 25.8 Å². The van der Waals surface area contributed by atoms with Crippen LogP contribution in [0.15, 0.2) is 36.4 Å². The minimum atomic E-state index is -1.20. The number of rotatable bonds is 12. The molecule has 1 atom stereocenters. The molecule has 2 rings (SSSR count). The number of carbonyl (C=O) groups is 3. The van der Waals surface area contributed by atoms with Crippen molar-refractivity contribution in [3.05, 3.63) is 52.5 Å². The van der Waals surface area contributed by atoms with Crippen LogP contribution in [0.4, 0.5) is 5.69 Å². The molecule has 0 saturated heterocycles. The average molecular weight is 563 g/mol. The molecule has 0 spiro atoms. The summed E-state index contributed by atoms with van der Waals surface area (Å²) in [6, 6.07) is 10.2. The summed E-state index contributed by atoms with van der Waals surface area (Å²) in [5.41, 5.74) is 0.849. The molecule has 214 valence electrons. The van der Waals surface area contributed by atoms with Gasteiger partial charge in [0, 0.05) is 48.6 Å². The van der Waals surface area contributed by atoms with Crippen molar-refractivity contribution in [3.8, 4) is 11.5 Å². The van der Waals surface area contributed by atoms with Crippen LogP contribution in [0.5, 0.6) is 11.5 Å². The van der Waals surface area contributed by atoms with Crippen LogP contribution in [-0.4, -0.2) is 68.8 Å². The Morgan fingerprint density at radius 1 is 0.974 bits per heavy atom. The first-order chi connectivity index (χ1) is 18.3. The van der Waals surface area contributed by atoms with Gasteiger partial charge in [0.1, 0.15) is 24.1 Å². The highest BCUT2D eigenvalue weighted by Crippen LogP contribution is 2.43. The SMILES string of the molecule is CCOC(=O)CN(C)C(=O)CCC(=O)N(CC(C)(C)C)c1c(OC)cc(Cl)cc1[C@H](O)c1ccccc1OC. The van der Waals surface area contributed by atoms with Crippen molar-refractivity contribution >= 4 is 35.1 Å². The number of esters is 1. The van der Waals surface area contributed by atoms with Crippen LogP contribution >= 0.6 is 11.6 Å². The van der Waals surface area contributed by atoms with Crippen LogP contribution in [-0.2, 0) is 19.1 Å². The normalized spacial score (nSPS) is 11.9. The smallest absolute Gasteiger partial charge is 0.325 e. The van der Waals surface area contributed by atoms with Crippen LogP contribution in [0.1, 0.15) is 57.8 Å². The summed E-state index contributed by atoms with van der Waals surface area (Å²) in [7, 11) is 4.46. The number of para-hydroxylation sites is 1. The van der Waals surface area contributed by atoms with Gasteiger partial charge in [0.05, 0.1) is 26.5 Å². The second-order valence-corrected chi connectivity index (χ2v) is 10.7. The maximum absolute atomic E-state index is 13.7. The van der Waals surface area contributed by atoms with Gasteiger partial charge >= 0.3 is 5.97 Å². The number of carbonyl (C=O) groups excluding carboxylic acids is 3. The van der Waals surface area contributed by atoms with Gasteiger partial charge in [-0.2, -0.15) is 0 Å². The summed E-state index contributed by atoms with van der Waals surface area (Å²) >= 11 is 6.41. The van der Waals surface area contributed by atoms with Gasteiger partial charge in [-0.3, -0.25) is 14.4 Å². The number of anilines is 1. The fourth-order valence-corrected chi connectivity index (χ4v) is 4.32. The number of aliphatic hydroxyl groups excluding tert-OH is 1. The van der Waals surface area contributed by atoms with Crippen molar-refractivity contribution < 1.29 is 33.7 Å². The zero-order valence-electron chi connectivity index (χ0n) is 23.7. The molecule has 10 heteroatoms. The van der Waals surface area contributed by atoms with Crippen molar-refractivity contribution in [2.24, 2.45) is 5.41 Å². The highest BCUT2D eigenvalue weighted by molar-refractivity contribution is 6.31. The molecule has 0 unspecified atom stereocenters. The standard InChI is InChI=1S/C29H39ClN2O7/c1-8-39-26(35)17-31(5)24(33)13-14-25(34)32(18-29(2,3)4)27-21(15-19(30)16-23(27)38-7)28(36)20-11-9-10-12-22(20)37-6/h9-12,15-16,28,36H,8,13-14,17-18H2,1-7H3/t28-/m1/s1. The lowest BCUT2D eigenvalue weighted by Crippen LogP contribution is -2.40. The molecule has 0 aliphatic carbocycles. The Morgan fingerprint density at radius 2 is 1.59 bits per heavy atom. The van der Waals surface area contributed by atoms with Crippen molar-refractivity contribution in [3.63, 3.8) is 0 Å². The maximum atomic E-state index is 13.7. The van der Waals surface area contributed by atoms with E-state index >= 15 is 0 Å². The fraction of sp³-hybridized carbons (Fsp3) is 0.483. The molecule has 1 N–H and O–H groups in total. The minimum absolute atomic E-state index is 0.115. The lowest BCUT2D eigenvalue weighted by molar-refractivity contribution is -0.148. The molecular weight excluding hydrogens is 524 g/mol. The lowest BCUT2D eigenvalue weighted by Gasteiger charge is -2.34. The van der Waals surface area contributed by atoms with E-state index in [0.717, 1.165) is 0 Å².